The highest BCUT2D eigenvalue weighted by Crippen LogP contribution is 2.20. The van der Waals surface area contributed by atoms with Gasteiger partial charge in [-0.3, -0.25) is 9.80 Å². The monoisotopic (exact) mass is 170 g/mol. The number of aliphatic hydroxyl groups is 1. The van der Waals surface area contributed by atoms with E-state index in [0.29, 0.717) is 0 Å². The van der Waals surface area contributed by atoms with Crippen molar-refractivity contribution in [3.63, 3.8) is 0 Å². The number of piperazine rings is 1. The van der Waals surface area contributed by atoms with Crippen molar-refractivity contribution in [1.82, 2.24) is 9.80 Å². The summed E-state index contributed by atoms with van der Waals surface area (Å²) in [5, 5.41) is 8.99. The highest BCUT2D eigenvalue weighted by Gasteiger charge is 2.27. The summed E-state index contributed by atoms with van der Waals surface area (Å²) in [4.78, 5) is 4.72. The molecule has 0 spiro atoms. The zero-order chi connectivity index (χ0) is 8.39. The van der Waals surface area contributed by atoms with Crippen molar-refractivity contribution in [2.45, 2.75) is 25.3 Å². The molecule has 70 valence electrons. The maximum Gasteiger partial charge on any atom is 0.0957 e. The molecule has 2 saturated heterocycles. The molecule has 0 aromatic heterocycles. The van der Waals surface area contributed by atoms with E-state index in [0.717, 1.165) is 25.7 Å². The summed E-state index contributed by atoms with van der Waals surface area (Å²) in [6, 6.07) is 0.736. The molecule has 1 unspecified atom stereocenters. The van der Waals surface area contributed by atoms with Crippen LogP contribution in [0.15, 0.2) is 0 Å². The van der Waals surface area contributed by atoms with Crippen molar-refractivity contribution in [2.24, 2.45) is 0 Å². The van der Waals surface area contributed by atoms with Crippen molar-refractivity contribution in [1.29, 1.82) is 0 Å². The van der Waals surface area contributed by atoms with Crippen LogP contribution in [0, 0.1) is 0 Å². The lowest BCUT2D eigenvalue weighted by atomic mass is 10.00. The number of nitrogens with zero attached hydrogens (tertiary/aromatic N) is 2. The molecule has 0 amide bonds. The van der Waals surface area contributed by atoms with Crippen LogP contribution in [0.4, 0.5) is 0 Å². The summed E-state index contributed by atoms with van der Waals surface area (Å²) in [6.45, 7) is 4.81. The summed E-state index contributed by atoms with van der Waals surface area (Å²) < 4.78 is 0. The highest BCUT2D eigenvalue weighted by molar-refractivity contribution is 4.83. The quantitative estimate of drug-likeness (QED) is 0.605. The van der Waals surface area contributed by atoms with Gasteiger partial charge in [0.15, 0.2) is 0 Å². The zero-order valence-electron chi connectivity index (χ0n) is 7.58. The molecule has 2 rings (SSSR count). The predicted molar refractivity (Wildman–Crippen MR) is 47.9 cm³/mol. The van der Waals surface area contributed by atoms with E-state index in [9.17, 15) is 0 Å². The fraction of sp³-hybridized carbons (Fsp3) is 1.00. The first-order valence-electron chi connectivity index (χ1n) is 4.97. The molecular weight excluding hydrogens is 152 g/mol. The number of fused-ring (bicyclic) bond motifs is 1. The van der Waals surface area contributed by atoms with E-state index >= 15 is 0 Å². The van der Waals surface area contributed by atoms with E-state index < -0.39 is 0 Å². The van der Waals surface area contributed by atoms with Gasteiger partial charge >= 0.3 is 0 Å². The Kier molecular flexibility index (Phi) is 2.63. The topological polar surface area (TPSA) is 26.7 Å². The predicted octanol–water partition coefficient (Wildman–Crippen LogP) is 0.106. The third kappa shape index (κ3) is 1.63. The highest BCUT2D eigenvalue weighted by atomic mass is 16.3. The van der Waals surface area contributed by atoms with Gasteiger partial charge in [0.1, 0.15) is 0 Å². The Bertz CT molecular complexity index is 151. The lowest BCUT2D eigenvalue weighted by Crippen LogP contribution is -2.54. The molecule has 0 bridgehead atoms. The van der Waals surface area contributed by atoms with Gasteiger partial charge in [-0.25, -0.2) is 0 Å². The first kappa shape index (κ1) is 8.48. The van der Waals surface area contributed by atoms with E-state index in [4.69, 9.17) is 5.11 Å². The van der Waals surface area contributed by atoms with Crippen molar-refractivity contribution >= 4 is 0 Å². The van der Waals surface area contributed by atoms with Crippen molar-refractivity contribution < 1.29 is 5.11 Å². The molecule has 2 heterocycles. The van der Waals surface area contributed by atoms with Crippen molar-refractivity contribution in [3.05, 3.63) is 0 Å². The summed E-state index contributed by atoms with van der Waals surface area (Å²) in [6.07, 6.45) is 4.08. The van der Waals surface area contributed by atoms with Crippen LogP contribution in [-0.4, -0.2) is 53.9 Å². The number of aliphatic hydroxyl groups excluding tert-OH is 1. The van der Waals surface area contributed by atoms with E-state index in [1.165, 1.54) is 25.8 Å². The molecule has 0 saturated carbocycles. The smallest absolute Gasteiger partial charge is 0.0957 e. The number of piperidine rings is 1. The second kappa shape index (κ2) is 3.73. The van der Waals surface area contributed by atoms with Gasteiger partial charge in [-0.1, -0.05) is 6.42 Å². The SMILES string of the molecule is OCN1CCN2CCCCC2C1. The van der Waals surface area contributed by atoms with Gasteiger partial charge in [-0.2, -0.15) is 0 Å². The molecule has 3 heteroatoms. The van der Waals surface area contributed by atoms with E-state index in [1.807, 2.05) is 0 Å². The normalized spacial score (nSPS) is 33.2. The molecule has 0 aromatic carbocycles. The van der Waals surface area contributed by atoms with Gasteiger partial charge < -0.3 is 5.11 Å². The Morgan fingerprint density at radius 1 is 1.17 bits per heavy atom. The minimum absolute atomic E-state index is 0.240. The minimum Gasteiger partial charge on any atom is -0.381 e. The Labute approximate surface area is 74.0 Å². The average Bonchev–Trinajstić information content (AvgIpc) is 2.17. The maximum atomic E-state index is 8.99. The molecule has 12 heavy (non-hydrogen) atoms. The molecule has 3 nitrogen and oxygen atoms in total. The Hall–Kier alpha value is -0.120. The van der Waals surface area contributed by atoms with Gasteiger partial charge in [-0.15, -0.1) is 0 Å². The zero-order valence-corrected chi connectivity index (χ0v) is 7.58. The summed E-state index contributed by atoms with van der Waals surface area (Å²) >= 11 is 0. The lowest BCUT2D eigenvalue weighted by Gasteiger charge is -2.43. The van der Waals surface area contributed by atoms with E-state index in [1.54, 1.807) is 0 Å². The average molecular weight is 170 g/mol. The van der Waals surface area contributed by atoms with E-state index in [2.05, 4.69) is 9.80 Å². The third-order valence-electron chi connectivity index (χ3n) is 3.12. The first-order chi connectivity index (χ1) is 5.90. The summed E-state index contributed by atoms with van der Waals surface area (Å²) in [7, 11) is 0. The third-order valence-corrected chi connectivity index (χ3v) is 3.12. The van der Waals surface area contributed by atoms with Crippen LogP contribution in [0.5, 0.6) is 0 Å². The fourth-order valence-corrected chi connectivity index (χ4v) is 2.35. The van der Waals surface area contributed by atoms with Crippen LogP contribution in [0.2, 0.25) is 0 Å². The molecule has 1 N–H and O–H groups in total. The molecule has 0 aliphatic carbocycles. The Balaban J connectivity index is 1.90. The molecule has 1 atom stereocenters. The molecule has 2 aliphatic heterocycles. The molecular formula is C9H18N2O. The van der Waals surface area contributed by atoms with Gasteiger partial charge in [0.25, 0.3) is 0 Å². The lowest BCUT2D eigenvalue weighted by molar-refractivity contribution is 0.00573. The van der Waals surface area contributed by atoms with Crippen LogP contribution in [0.3, 0.4) is 0 Å². The van der Waals surface area contributed by atoms with Crippen LogP contribution in [0.25, 0.3) is 0 Å². The second-order valence-corrected chi connectivity index (χ2v) is 3.90. The van der Waals surface area contributed by atoms with Crippen molar-refractivity contribution in [3.8, 4) is 0 Å². The second-order valence-electron chi connectivity index (χ2n) is 3.90. The van der Waals surface area contributed by atoms with Crippen LogP contribution in [0.1, 0.15) is 19.3 Å². The van der Waals surface area contributed by atoms with E-state index in [-0.39, 0.29) is 6.73 Å². The van der Waals surface area contributed by atoms with Gasteiger partial charge in [0.05, 0.1) is 6.73 Å². The first-order valence-corrected chi connectivity index (χ1v) is 4.97. The number of hydrogen-bond donors (Lipinski definition) is 1. The standard InChI is InChI=1S/C9H18N2O/c12-8-10-5-6-11-4-2-1-3-9(11)7-10/h9,12H,1-8H2. The van der Waals surface area contributed by atoms with Crippen LogP contribution in [-0.2, 0) is 0 Å². The Morgan fingerprint density at radius 3 is 2.92 bits per heavy atom. The minimum atomic E-state index is 0.240. The number of hydrogen-bond acceptors (Lipinski definition) is 3. The molecule has 0 radical (unpaired) electrons. The molecule has 2 aliphatic rings. The summed E-state index contributed by atoms with van der Waals surface area (Å²) in [5.74, 6) is 0. The number of rotatable bonds is 1. The Morgan fingerprint density at radius 2 is 2.08 bits per heavy atom. The van der Waals surface area contributed by atoms with Crippen LogP contribution < -0.4 is 0 Å². The summed E-state index contributed by atoms with van der Waals surface area (Å²) in [5.41, 5.74) is 0. The van der Waals surface area contributed by atoms with Gasteiger partial charge in [-0.05, 0) is 19.4 Å². The fourth-order valence-electron chi connectivity index (χ4n) is 2.35. The van der Waals surface area contributed by atoms with Gasteiger partial charge in [0.2, 0.25) is 0 Å². The maximum absolute atomic E-state index is 8.99. The molecule has 2 fully saturated rings. The largest absolute Gasteiger partial charge is 0.381 e. The molecule has 0 aromatic rings. The van der Waals surface area contributed by atoms with Gasteiger partial charge in [0, 0.05) is 25.7 Å². The van der Waals surface area contributed by atoms with Crippen molar-refractivity contribution in [2.75, 3.05) is 32.9 Å². The van der Waals surface area contributed by atoms with Crippen LogP contribution >= 0.6 is 0 Å².